The summed E-state index contributed by atoms with van der Waals surface area (Å²) in [6.07, 6.45) is 4.47. The van der Waals surface area contributed by atoms with Crippen LogP contribution < -0.4 is 9.80 Å². The molecule has 0 spiro atoms. The lowest BCUT2D eigenvalue weighted by Crippen LogP contribution is -2.48. The van der Waals surface area contributed by atoms with E-state index in [1.165, 1.54) is 16.9 Å². The minimum absolute atomic E-state index is 0.0199. The van der Waals surface area contributed by atoms with Crippen molar-refractivity contribution in [1.29, 1.82) is 5.26 Å². The fourth-order valence-electron chi connectivity index (χ4n) is 5.58. The SMILES string of the molecule is CCc1ccc(C(=O)N(Cc2cncn2Cc2ccc(C#N)cc2)c2ccc(N3CCN(C(=O)c4ccc(Cl)s4)CC3)cc2)cc1. The zero-order valence-electron chi connectivity index (χ0n) is 25.5. The standard InChI is InChI=1S/C36H33ClN6O2S/c1-2-26-7-9-29(10-8-26)35(44)43(24-32-22-39-25-42(32)23-28-5-3-27(21-38)4-6-28)31-13-11-30(12-14-31)40-17-19-41(20-18-40)36(45)33-15-16-34(37)46-33/h3-16,22,25H,2,17-20,23-24H2,1H3. The maximum Gasteiger partial charge on any atom is 0.264 e. The Balaban J connectivity index is 1.20. The first-order valence-electron chi connectivity index (χ1n) is 15.2. The molecule has 1 fully saturated rings. The molecule has 0 saturated carbocycles. The fraction of sp³-hybridized carbons (Fsp3) is 0.222. The number of nitriles is 1. The molecule has 6 rings (SSSR count). The van der Waals surface area contributed by atoms with Crippen LogP contribution in [0.15, 0.2) is 97.5 Å². The lowest BCUT2D eigenvalue weighted by molar-refractivity contribution is 0.0751. The second-order valence-corrected chi connectivity index (χ2v) is 12.9. The van der Waals surface area contributed by atoms with Gasteiger partial charge in [0.2, 0.25) is 0 Å². The van der Waals surface area contributed by atoms with Gasteiger partial charge in [0.1, 0.15) is 0 Å². The minimum Gasteiger partial charge on any atom is -0.368 e. The number of anilines is 2. The van der Waals surface area contributed by atoms with Crippen LogP contribution in [0.4, 0.5) is 11.4 Å². The monoisotopic (exact) mass is 648 g/mol. The number of hydrogen-bond acceptors (Lipinski definition) is 6. The van der Waals surface area contributed by atoms with Crippen LogP contribution in [0.2, 0.25) is 4.34 Å². The van der Waals surface area contributed by atoms with Gasteiger partial charge in [-0.3, -0.25) is 9.59 Å². The molecule has 3 aromatic carbocycles. The quantitative estimate of drug-likeness (QED) is 0.174. The van der Waals surface area contributed by atoms with Crippen molar-refractivity contribution < 1.29 is 9.59 Å². The number of hydrogen-bond donors (Lipinski definition) is 0. The van der Waals surface area contributed by atoms with E-state index in [4.69, 9.17) is 16.9 Å². The van der Waals surface area contributed by atoms with Crippen molar-refractivity contribution in [2.45, 2.75) is 26.4 Å². The molecule has 3 heterocycles. The van der Waals surface area contributed by atoms with Crippen molar-refractivity contribution >= 4 is 46.1 Å². The summed E-state index contributed by atoms with van der Waals surface area (Å²) in [4.78, 5) is 37.9. The highest BCUT2D eigenvalue weighted by molar-refractivity contribution is 7.17. The highest BCUT2D eigenvalue weighted by Crippen LogP contribution is 2.27. The molecule has 1 aliphatic rings. The van der Waals surface area contributed by atoms with Gasteiger partial charge in [-0.1, -0.05) is 42.8 Å². The lowest BCUT2D eigenvalue weighted by Gasteiger charge is -2.36. The summed E-state index contributed by atoms with van der Waals surface area (Å²) < 4.78 is 2.64. The number of rotatable bonds is 9. The van der Waals surface area contributed by atoms with Crippen LogP contribution in [-0.4, -0.2) is 52.4 Å². The summed E-state index contributed by atoms with van der Waals surface area (Å²) in [5.74, 6) is -0.0752. The fourth-order valence-corrected chi connectivity index (χ4v) is 6.59. The van der Waals surface area contributed by atoms with Gasteiger partial charge in [-0.2, -0.15) is 5.26 Å². The van der Waals surface area contributed by atoms with Crippen LogP contribution in [0.25, 0.3) is 0 Å². The number of aryl methyl sites for hydroxylation is 1. The number of benzene rings is 3. The molecule has 0 atom stereocenters. The van der Waals surface area contributed by atoms with E-state index in [0.29, 0.717) is 59.6 Å². The van der Waals surface area contributed by atoms with Crippen molar-refractivity contribution in [3.63, 3.8) is 0 Å². The van der Waals surface area contributed by atoms with Gasteiger partial charge >= 0.3 is 0 Å². The Hall–Kier alpha value is -4.91. The first kappa shape index (κ1) is 31.1. The van der Waals surface area contributed by atoms with E-state index in [2.05, 4.69) is 22.9 Å². The molecule has 10 heteroatoms. The van der Waals surface area contributed by atoms with Crippen LogP contribution in [0.1, 0.15) is 49.3 Å². The van der Waals surface area contributed by atoms with E-state index >= 15 is 0 Å². The van der Waals surface area contributed by atoms with Crippen molar-refractivity contribution in [1.82, 2.24) is 14.5 Å². The van der Waals surface area contributed by atoms with E-state index in [0.717, 1.165) is 29.1 Å². The molecule has 0 unspecified atom stereocenters. The number of aromatic nitrogens is 2. The second-order valence-electron chi connectivity index (χ2n) is 11.2. The van der Waals surface area contributed by atoms with Crippen molar-refractivity contribution in [3.05, 3.63) is 135 Å². The normalized spacial score (nSPS) is 13.0. The topological polar surface area (TPSA) is 85.5 Å². The molecule has 0 N–H and O–H groups in total. The molecule has 0 aliphatic carbocycles. The van der Waals surface area contributed by atoms with E-state index in [9.17, 15) is 9.59 Å². The third-order valence-electron chi connectivity index (χ3n) is 8.29. The molecule has 46 heavy (non-hydrogen) atoms. The zero-order chi connectivity index (χ0) is 32.0. The van der Waals surface area contributed by atoms with Gasteiger partial charge < -0.3 is 19.3 Å². The Morgan fingerprint density at radius 2 is 1.61 bits per heavy atom. The predicted octanol–water partition coefficient (Wildman–Crippen LogP) is 6.89. The van der Waals surface area contributed by atoms with E-state index in [1.54, 1.807) is 41.7 Å². The average molecular weight is 649 g/mol. The molecule has 232 valence electrons. The number of piperazine rings is 1. The zero-order valence-corrected chi connectivity index (χ0v) is 27.0. The molecule has 2 aromatic heterocycles. The molecule has 2 amide bonds. The van der Waals surface area contributed by atoms with Gasteiger partial charge in [-0.05, 0) is 78.2 Å². The highest BCUT2D eigenvalue weighted by atomic mass is 35.5. The summed E-state index contributed by atoms with van der Waals surface area (Å²) >= 11 is 7.35. The summed E-state index contributed by atoms with van der Waals surface area (Å²) in [5, 5.41) is 9.15. The smallest absolute Gasteiger partial charge is 0.264 e. The maximum absolute atomic E-state index is 14.0. The van der Waals surface area contributed by atoms with Crippen molar-refractivity contribution in [2.24, 2.45) is 0 Å². The van der Waals surface area contributed by atoms with Gasteiger partial charge in [0.15, 0.2) is 0 Å². The Kier molecular flexibility index (Phi) is 9.48. The Morgan fingerprint density at radius 1 is 0.913 bits per heavy atom. The van der Waals surface area contributed by atoms with Crippen LogP contribution in [0, 0.1) is 11.3 Å². The van der Waals surface area contributed by atoms with Crippen LogP contribution in [-0.2, 0) is 19.5 Å². The van der Waals surface area contributed by atoms with E-state index < -0.39 is 0 Å². The Bertz CT molecular complexity index is 1850. The molecular formula is C36H33ClN6O2S. The Labute approximate surface area is 277 Å². The number of halogens is 1. The van der Waals surface area contributed by atoms with Crippen LogP contribution >= 0.6 is 22.9 Å². The number of nitrogens with zero attached hydrogens (tertiary/aromatic N) is 6. The van der Waals surface area contributed by atoms with Crippen molar-refractivity contribution in [3.8, 4) is 6.07 Å². The lowest BCUT2D eigenvalue weighted by atomic mass is 10.1. The molecule has 1 saturated heterocycles. The van der Waals surface area contributed by atoms with Gasteiger partial charge in [0.25, 0.3) is 11.8 Å². The average Bonchev–Trinajstić information content (AvgIpc) is 3.75. The second kappa shape index (κ2) is 14.0. The molecule has 8 nitrogen and oxygen atoms in total. The molecular weight excluding hydrogens is 616 g/mol. The third kappa shape index (κ3) is 6.99. The van der Waals surface area contributed by atoms with Gasteiger partial charge in [0.05, 0.1) is 39.4 Å². The number of thiophene rings is 1. The first-order valence-corrected chi connectivity index (χ1v) is 16.4. The predicted molar refractivity (Wildman–Crippen MR) is 183 cm³/mol. The van der Waals surface area contributed by atoms with Gasteiger partial charge in [-0.25, -0.2) is 4.98 Å². The summed E-state index contributed by atoms with van der Waals surface area (Å²) in [6, 6.07) is 29.0. The maximum atomic E-state index is 14.0. The van der Waals surface area contributed by atoms with Crippen LogP contribution in [0.5, 0.6) is 0 Å². The summed E-state index contributed by atoms with van der Waals surface area (Å²) in [7, 11) is 0. The molecule has 0 radical (unpaired) electrons. The molecule has 5 aromatic rings. The van der Waals surface area contributed by atoms with Gasteiger partial charge in [0, 0.05) is 55.9 Å². The summed E-state index contributed by atoms with van der Waals surface area (Å²) in [6.45, 7) is 5.67. The number of imidazole rings is 1. The molecule has 1 aliphatic heterocycles. The number of amides is 2. The van der Waals surface area contributed by atoms with Crippen LogP contribution in [0.3, 0.4) is 0 Å². The Morgan fingerprint density at radius 3 is 2.24 bits per heavy atom. The van der Waals surface area contributed by atoms with Gasteiger partial charge in [-0.15, -0.1) is 11.3 Å². The number of carbonyl (C=O) groups is 2. The highest BCUT2D eigenvalue weighted by Gasteiger charge is 2.25. The third-order valence-corrected chi connectivity index (χ3v) is 9.51. The largest absolute Gasteiger partial charge is 0.368 e. The number of carbonyl (C=O) groups excluding carboxylic acids is 2. The minimum atomic E-state index is -0.0951. The summed E-state index contributed by atoms with van der Waals surface area (Å²) in [5.41, 5.74) is 6.16. The first-order chi connectivity index (χ1) is 22.4. The van der Waals surface area contributed by atoms with E-state index in [1.807, 2.05) is 70.1 Å². The molecule has 0 bridgehead atoms. The van der Waals surface area contributed by atoms with Crippen molar-refractivity contribution in [2.75, 3.05) is 36.0 Å². The van der Waals surface area contributed by atoms with E-state index in [-0.39, 0.29) is 11.8 Å².